The first-order chi connectivity index (χ1) is 20.9. The van der Waals surface area contributed by atoms with Crippen LogP contribution in [0.3, 0.4) is 0 Å². The number of nitrogens with one attached hydrogen (secondary N) is 2. The van der Waals surface area contributed by atoms with Gasteiger partial charge in [-0.2, -0.15) is 0 Å². The minimum Gasteiger partial charge on any atom is -0.372 e. The fourth-order valence-electron chi connectivity index (χ4n) is 4.25. The highest BCUT2D eigenvalue weighted by Gasteiger charge is 2.25. The molecule has 0 aliphatic heterocycles. The molecule has 2 N–H and O–H groups in total. The van der Waals surface area contributed by atoms with Crippen molar-refractivity contribution >= 4 is 41.4 Å². The van der Waals surface area contributed by atoms with E-state index in [4.69, 9.17) is 14.2 Å². The highest BCUT2D eigenvalue weighted by molar-refractivity contribution is 7.80. The van der Waals surface area contributed by atoms with Crippen molar-refractivity contribution in [2.75, 3.05) is 18.5 Å². The first-order valence-electron chi connectivity index (χ1n) is 14.3. The fraction of sp³-hybridized carbons (Fsp3) is 0.400. The molecule has 43 heavy (non-hydrogen) atoms. The van der Waals surface area contributed by atoms with Crippen LogP contribution in [0.4, 0.5) is 10.6 Å². The minimum absolute atomic E-state index is 0.0432. The van der Waals surface area contributed by atoms with Gasteiger partial charge >= 0.3 is 6.03 Å². The molecule has 2 unspecified atom stereocenters. The Morgan fingerprint density at radius 1 is 1.00 bits per heavy atom. The van der Waals surface area contributed by atoms with E-state index in [0.29, 0.717) is 41.8 Å². The average Bonchev–Trinajstić information content (AvgIpc) is 3.46. The van der Waals surface area contributed by atoms with Crippen molar-refractivity contribution in [1.82, 2.24) is 29.8 Å². The molecule has 228 valence electrons. The smallest absolute Gasteiger partial charge is 0.320 e. The third-order valence-corrected chi connectivity index (χ3v) is 6.88. The topological polar surface area (TPSA) is 142 Å². The Hall–Kier alpha value is -3.91. The Kier molecular flexibility index (Phi) is 12.0. The molecule has 1 aromatic carbocycles. The van der Waals surface area contributed by atoms with Crippen LogP contribution in [0.5, 0.6) is 0 Å². The number of ether oxygens (including phenoxy) is 3. The van der Waals surface area contributed by atoms with E-state index in [1.807, 2.05) is 51.1 Å². The van der Waals surface area contributed by atoms with Crippen molar-refractivity contribution in [3.63, 3.8) is 0 Å². The van der Waals surface area contributed by atoms with E-state index in [2.05, 4.69) is 43.2 Å². The lowest BCUT2D eigenvalue weighted by atomic mass is 10.1. The highest BCUT2D eigenvalue weighted by atomic mass is 32.1. The van der Waals surface area contributed by atoms with Crippen molar-refractivity contribution in [1.29, 1.82) is 0 Å². The number of benzene rings is 1. The van der Waals surface area contributed by atoms with E-state index < -0.39 is 24.0 Å². The number of hydrogen-bond donors (Lipinski definition) is 3. The van der Waals surface area contributed by atoms with Crippen LogP contribution in [0.1, 0.15) is 73.5 Å². The molecule has 3 atom stereocenters. The molecular formula is C30H37N7O5S. The molecule has 3 heterocycles. The molecule has 0 saturated heterocycles. The molecule has 13 heteroatoms. The van der Waals surface area contributed by atoms with Crippen molar-refractivity contribution in [2.24, 2.45) is 0 Å². The zero-order valence-corrected chi connectivity index (χ0v) is 25.4. The number of fused-ring (bicyclic) bond motifs is 1. The molecule has 4 rings (SSSR count). The van der Waals surface area contributed by atoms with E-state index in [1.165, 1.54) is 12.7 Å². The van der Waals surface area contributed by atoms with Gasteiger partial charge in [0.05, 0.1) is 25.0 Å². The SMILES string of the molecule is CCCC(=O)c1cccnc1COCC(CC)OC(O[C@H](S)c1ccccc1)n1cnc2c(NC(=O)NCC)ncnc21. The lowest BCUT2D eigenvalue weighted by Crippen LogP contribution is -2.29. The second-order valence-electron chi connectivity index (χ2n) is 9.59. The van der Waals surface area contributed by atoms with Crippen LogP contribution in [-0.2, 0) is 20.8 Å². The number of pyridine rings is 1. The molecule has 0 radical (unpaired) electrons. The zero-order chi connectivity index (χ0) is 30.6. The van der Waals surface area contributed by atoms with Gasteiger partial charge in [-0.1, -0.05) is 44.2 Å². The number of thiol groups is 1. The molecule has 0 fully saturated rings. The van der Waals surface area contributed by atoms with Crippen LogP contribution in [0.2, 0.25) is 0 Å². The molecule has 0 aliphatic rings. The summed E-state index contributed by atoms with van der Waals surface area (Å²) in [5.41, 5.74) is 2.11. The second kappa shape index (κ2) is 16.1. The lowest BCUT2D eigenvalue weighted by Gasteiger charge is -2.27. The van der Waals surface area contributed by atoms with Gasteiger partial charge in [0, 0.05) is 24.7 Å². The molecule has 4 aromatic rings. The third kappa shape index (κ3) is 8.57. The van der Waals surface area contributed by atoms with Gasteiger partial charge in [0.15, 0.2) is 22.8 Å². The zero-order valence-electron chi connectivity index (χ0n) is 24.5. The summed E-state index contributed by atoms with van der Waals surface area (Å²) in [7, 11) is 0. The summed E-state index contributed by atoms with van der Waals surface area (Å²) in [6.07, 6.45) is 4.89. The Balaban J connectivity index is 1.55. The van der Waals surface area contributed by atoms with E-state index in [9.17, 15) is 9.59 Å². The van der Waals surface area contributed by atoms with Crippen molar-refractivity contribution in [2.45, 2.75) is 64.6 Å². The van der Waals surface area contributed by atoms with Crippen LogP contribution in [-0.4, -0.2) is 55.6 Å². The van der Waals surface area contributed by atoms with Crippen LogP contribution in [0, 0.1) is 0 Å². The number of carbonyl (C=O) groups is 2. The van der Waals surface area contributed by atoms with Crippen LogP contribution >= 0.6 is 12.6 Å². The number of ketones is 1. The third-order valence-electron chi connectivity index (χ3n) is 6.46. The fourth-order valence-corrected chi connectivity index (χ4v) is 4.53. The van der Waals surface area contributed by atoms with Gasteiger partial charge < -0.3 is 19.5 Å². The van der Waals surface area contributed by atoms with Gasteiger partial charge in [-0.05, 0) is 37.5 Å². The van der Waals surface area contributed by atoms with Crippen LogP contribution in [0.15, 0.2) is 61.3 Å². The van der Waals surface area contributed by atoms with Crippen molar-refractivity contribution < 1.29 is 23.8 Å². The number of aromatic nitrogens is 5. The van der Waals surface area contributed by atoms with E-state index in [1.54, 1.807) is 22.9 Å². The molecule has 0 aliphatic carbocycles. The summed E-state index contributed by atoms with van der Waals surface area (Å²) >= 11 is 4.69. The van der Waals surface area contributed by atoms with E-state index >= 15 is 0 Å². The first-order valence-corrected chi connectivity index (χ1v) is 14.8. The van der Waals surface area contributed by atoms with Crippen molar-refractivity contribution in [3.05, 3.63) is 78.1 Å². The number of nitrogens with zero attached hydrogens (tertiary/aromatic N) is 5. The maximum Gasteiger partial charge on any atom is 0.320 e. The normalized spacial score (nSPS) is 13.4. The predicted molar refractivity (Wildman–Crippen MR) is 165 cm³/mol. The predicted octanol–water partition coefficient (Wildman–Crippen LogP) is 5.46. The minimum atomic E-state index is -1.01. The highest BCUT2D eigenvalue weighted by Crippen LogP contribution is 2.31. The molecule has 12 nitrogen and oxygen atoms in total. The number of carbonyl (C=O) groups excluding carboxylic acids is 2. The number of Topliss-reactive ketones (excluding diaryl/α,β-unsaturated/α-hetero) is 1. The molecule has 0 bridgehead atoms. The monoisotopic (exact) mass is 607 g/mol. The Morgan fingerprint density at radius 2 is 1.81 bits per heavy atom. The van der Waals surface area contributed by atoms with Gasteiger partial charge in [-0.25, -0.2) is 19.7 Å². The molecule has 0 saturated carbocycles. The first kappa shape index (κ1) is 32.0. The Morgan fingerprint density at radius 3 is 2.56 bits per heavy atom. The summed E-state index contributed by atoms with van der Waals surface area (Å²) in [4.78, 5) is 42.1. The molecular weight excluding hydrogens is 570 g/mol. The summed E-state index contributed by atoms with van der Waals surface area (Å²) in [5.74, 6) is 0.291. The second-order valence-corrected chi connectivity index (χ2v) is 10.1. The summed E-state index contributed by atoms with van der Waals surface area (Å²) in [6, 6.07) is 12.6. The maximum atomic E-state index is 12.5. The summed E-state index contributed by atoms with van der Waals surface area (Å²) < 4.78 is 20.4. The van der Waals surface area contributed by atoms with Crippen LogP contribution in [0.25, 0.3) is 11.2 Å². The lowest BCUT2D eigenvalue weighted by molar-refractivity contribution is -0.231. The number of amides is 2. The molecule has 0 spiro atoms. The van der Waals surface area contributed by atoms with Crippen LogP contribution < -0.4 is 10.6 Å². The average molecular weight is 608 g/mol. The Labute approximate surface area is 256 Å². The number of rotatable bonds is 16. The van der Waals surface area contributed by atoms with Gasteiger partial charge in [0.25, 0.3) is 0 Å². The summed E-state index contributed by atoms with van der Waals surface area (Å²) in [5, 5.41) is 5.37. The van der Waals surface area contributed by atoms with E-state index in [-0.39, 0.29) is 24.8 Å². The molecule has 3 aromatic heterocycles. The maximum absolute atomic E-state index is 12.5. The van der Waals surface area contributed by atoms with Gasteiger partial charge in [0.1, 0.15) is 18.1 Å². The van der Waals surface area contributed by atoms with Crippen molar-refractivity contribution in [3.8, 4) is 0 Å². The summed E-state index contributed by atoms with van der Waals surface area (Å²) in [6.45, 7) is 6.58. The number of urea groups is 1. The number of hydrogen-bond acceptors (Lipinski definition) is 10. The van der Waals surface area contributed by atoms with Gasteiger partial charge in [-0.3, -0.25) is 19.7 Å². The number of anilines is 1. The quantitative estimate of drug-likeness (QED) is 0.0860. The largest absolute Gasteiger partial charge is 0.372 e. The van der Waals surface area contributed by atoms with E-state index in [0.717, 1.165) is 12.0 Å². The number of imidazole rings is 1. The van der Waals surface area contributed by atoms with Gasteiger partial charge in [-0.15, -0.1) is 12.6 Å². The molecule has 2 amide bonds. The Bertz CT molecular complexity index is 1490. The standard InChI is InChI=1S/C30H37N7O5S/c1-4-11-24(38)22-14-10-15-32-23(22)17-40-16-21(5-2)41-30(42-28(43)20-12-8-7-9-13-20)37-19-35-25-26(33-18-34-27(25)37)36-29(39)31-6-3/h7-10,12-15,18-19,21,28,30,43H,4-6,11,16-17H2,1-3H3,(H2,31,33,34,36,39)/t21?,28-,30?/m1/s1. The van der Waals surface area contributed by atoms with Gasteiger partial charge in [0.2, 0.25) is 6.41 Å².